The molecule has 0 unspecified atom stereocenters. The predicted molar refractivity (Wildman–Crippen MR) is 61.2 cm³/mol. The second-order valence-corrected chi connectivity index (χ2v) is 4.29. The Labute approximate surface area is 93.6 Å². The fourth-order valence-electron chi connectivity index (χ4n) is 0.892. The minimum Gasteiger partial charge on any atom is -0.365 e. The zero-order valence-electron chi connectivity index (χ0n) is 8.62. The molecule has 0 atom stereocenters. The van der Waals surface area contributed by atoms with Crippen molar-refractivity contribution in [1.29, 1.82) is 0 Å². The third-order valence-corrected chi connectivity index (χ3v) is 2.98. The number of nitrogens with one attached hydrogen (secondary N) is 1. The molecule has 0 aliphatic carbocycles. The Morgan fingerprint density at radius 3 is 2.71 bits per heavy atom. The van der Waals surface area contributed by atoms with Crippen LogP contribution in [0.5, 0.6) is 0 Å². The van der Waals surface area contributed by atoms with Gasteiger partial charge in [-0.25, -0.2) is 0 Å². The van der Waals surface area contributed by atoms with Crippen molar-refractivity contribution in [3.63, 3.8) is 0 Å². The molecule has 1 heterocycles. The average molecular weight is 235 g/mol. The molecule has 0 saturated heterocycles. The summed E-state index contributed by atoms with van der Waals surface area (Å²) < 4.78 is 7.90. The third kappa shape index (κ3) is 3.40. The second-order valence-electron chi connectivity index (χ2n) is 3.40. The number of hydrogen-bond acceptors (Lipinski definition) is 5. The van der Waals surface area contributed by atoms with Gasteiger partial charge in [0.25, 0.3) is 0 Å². The lowest BCUT2D eigenvalue weighted by Crippen LogP contribution is -2.31. The Kier molecular flexibility index (Phi) is 4.57. The third-order valence-electron chi connectivity index (χ3n) is 2.09. The normalized spacial score (nSPS) is 11.3. The van der Waals surface area contributed by atoms with Crippen LogP contribution in [0.25, 0.3) is 0 Å². The highest BCUT2D eigenvalue weighted by molar-refractivity contribution is 6.99. The number of nitrogens with zero attached hydrogens (tertiary/aromatic N) is 3. The number of rotatable bonds is 5. The van der Waals surface area contributed by atoms with Gasteiger partial charge in [-0.05, 0) is 20.9 Å². The van der Waals surface area contributed by atoms with E-state index in [0.717, 1.165) is 24.8 Å². The highest BCUT2D eigenvalue weighted by atomic mass is 35.5. The molecule has 0 bridgehead atoms. The van der Waals surface area contributed by atoms with Crippen molar-refractivity contribution in [1.82, 2.24) is 13.6 Å². The largest absolute Gasteiger partial charge is 0.365 e. The van der Waals surface area contributed by atoms with Gasteiger partial charge >= 0.3 is 0 Å². The molecule has 0 aromatic carbocycles. The van der Waals surface area contributed by atoms with Gasteiger partial charge in [0.2, 0.25) is 0 Å². The maximum atomic E-state index is 5.78. The van der Waals surface area contributed by atoms with Crippen LogP contribution in [-0.4, -0.2) is 39.8 Å². The topological polar surface area (TPSA) is 41.0 Å². The van der Waals surface area contributed by atoms with Gasteiger partial charge in [0, 0.05) is 19.1 Å². The Hall–Kier alpha value is -0.390. The molecule has 1 N–H and O–H groups in total. The molecule has 1 rings (SSSR count). The molecule has 6 heteroatoms. The maximum Gasteiger partial charge on any atom is 0.186 e. The quantitative estimate of drug-likeness (QED) is 0.846. The maximum absolute atomic E-state index is 5.78. The van der Waals surface area contributed by atoms with E-state index in [1.165, 1.54) is 0 Å². The van der Waals surface area contributed by atoms with Crippen LogP contribution in [0.2, 0.25) is 5.15 Å². The number of hydrogen-bond donors (Lipinski definition) is 1. The van der Waals surface area contributed by atoms with Crippen molar-refractivity contribution in [2.45, 2.75) is 19.9 Å². The molecule has 0 radical (unpaired) electrons. The Morgan fingerprint density at radius 1 is 1.50 bits per heavy atom. The number of likely N-dealkylation sites (N-methyl/N-ethyl adjacent to an activating group) is 1. The van der Waals surface area contributed by atoms with Crippen LogP contribution in [0, 0.1) is 0 Å². The standard InChI is InChI=1S/C8H15ClN4S/c1-6(2)13(3)5-4-10-8-7(9)11-14-12-8/h6H,4-5H2,1-3H3,(H,10,12). The first-order chi connectivity index (χ1) is 6.61. The minimum absolute atomic E-state index is 0.460. The van der Waals surface area contributed by atoms with Crippen LogP contribution in [-0.2, 0) is 0 Å². The molecular formula is C8H15ClN4S. The summed E-state index contributed by atoms with van der Waals surface area (Å²) in [6.45, 7) is 6.13. The van der Waals surface area contributed by atoms with Crippen LogP contribution >= 0.6 is 23.3 Å². The van der Waals surface area contributed by atoms with Gasteiger partial charge in [-0.1, -0.05) is 11.6 Å². The van der Waals surface area contributed by atoms with Crippen LogP contribution in [0.15, 0.2) is 0 Å². The molecule has 0 aliphatic rings. The van der Waals surface area contributed by atoms with Gasteiger partial charge in [-0.3, -0.25) is 0 Å². The van der Waals surface area contributed by atoms with Crippen LogP contribution in [0.1, 0.15) is 13.8 Å². The van der Waals surface area contributed by atoms with Crippen LogP contribution < -0.4 is 5.32 Å². The van der Waals surface area contributed by atoms with Gasteiger partial charge in [-0.2, -0.15) is 8.75 Å². The zero-order chi connectivity index (χ0) is 10.6. The summed E-state index contributed by atoms with van der Waals surface area (Å²) in [4.78, 5) is 2.25. The van der Waals surface area contributed by atoms with Crippen molar-refractivity contribution < 1.29 is 0 Å². The fourth-order valence-corrected chi connectivity index (χ4v) is 1.58. The van der Waals surface area contributed by atoms with Crippen LogP contribution in [0.4, 0.5) is 5.82 Å². The van der Waals surface area contributed by atoms with E-state index in [1.54, 1.807) is 0 Å². The van der Waals surface area contributed by atoms with E-state index in [-0.39, 0.29) is 0 Å². The predicted octanol–water partition coefficient (Wildman–Crippen LogP) is 1.94. The lowest BCUT2D eigenvalue weighted by molar-refractivity contribution is 0.284. The summed E-state index contributed by atoms with van der Waals surface area (Å²) in [6.07, 6.45) is 0. The fraction of sp³-hybridized carbons (Fsp3) is 0.750. The van der Waals surface area contributed by atoms with E-state index in [4.69, 9.17) is 11.6 Å². The highest BCUT2D eigenvalue weighted by Crippen LogP contribution is 2.17. The number of halogens is 1. The summed E-state index contributed by atoms with van der Waals surface area (Å²) in [7, 11) is 2.09. The first-order valence-corrected chi connectivity index (χ1v) is 5.64. The summed E-state index contributed by atoms with van der Waals surface area (Å²) >= 11 is 6.90. The van der Waals surface area contributed by atoms with Gasteiger partial charge in [0.1, 0.15) is 0 Å². The Morgan fingerprint density at radius 2 is 2.21 bits per heavy atom. The molecule has 80 valence electrons. The van der Waals surface area contributed by atoms with E-state index in [0.29, 0.717) is 17.0 Å². The van der Waals surface area contributed by atoms with E-state index >= 15 is 0 Å². The summed E-state index contributed by atoms with van der Waals surface area (Å²) in [5, 5.41) is 3.60. The van der Waals surface area contributed by atoms with Gasteiger partial charge in [-0.15, -0.1) is 0 Å². The smallest absolute Gasteiger partial charge is 0.186 e. The highest BCUT2D eigenvalue weighted by Gasteiger charge is 2.05. The number of aromatic nitrogens is 2. The lowest BCUT2D eigenvalue weighted by atomic mass is 10.3. The minimum atomic E-state index is 0.460. The van der Waals surface area contributed by atoms with E-state index in [2.05, 4.69) is 39.9 Å². The van der Waals surface area contributed by atoms with Gasteiger partial charge in [0.15, 0.2) is 11.0 Å². The first kappa shape index (κ1) is 11.7. The SMILES string of the molecule is CC(C)N(C)CCNc1nsnc1Cl. The number of anilines is 1. The van der Waals surface area contributed by atoms with Crippen molar-refractivity contribution in [3.05, 3.63) is 5.15 Å². The van der Waals surface area contributed by atoms with Crippen molar-refractivity contribution in [2.75, 3.05) is 25.5 Å². The molecule has 0 spiro atoms. The van der Waals surface area contributed by atoms with Gasteiger partial charge < -0.3 is 10.2 Å². The molecule has 1 aromatic heterocycles. The molecular weight excluding hydrogens is 220 g/mol. The van der Waals surface area contributed by atoms with Crippen molar-refractivity contribution in [2.24, 2.45) is 0 Å². The molecule has 0 saturated carbocycles. The van der Waals surface area contributed by atoms with E-state index in [9.17, 15) is 0 Å². The van der Waals surface area contributed by atoms with Gasteiger partial charge in [0.05, 0.1) is 11.7 Å². The monoisotopic (exact) mass is 234 g/mol. The summed E-state index contributed by atoms with van der Waals surface area (Å²) in [6, 6.07) is 0.556. The van der Waals surface area contributed by atoms with Crippen molar-refractivity contribution in [3.8, 4) is 0 Å². The summed E-state index contributed by atoms with van der Waals surface area (Å²) in [5.74, 6) is 0.689. The van der Waals surface area contributed by atoms with Crippen LogP contribution in [0.3, 0.4) is 0 Å². The zero-order valence-corrected chi connectivity index (χ0v) is 10.2. The van der Waals surface area contributed by atoms with E-state index in [1.807, 2.05) is 0 Å². The molecule has 1 aromatic rings. The molecule has 0 fully saturated rings. The van der Waals surface area contributed by atoms with E-state index < -0.39 is 0 Å². The molecule has 4 nitrogen and oxygen atoms in total. The summed E-state index contributed by atoms with van der Waals surface area (Å²) in [5.41, 5.74) is 0. The molecule has 14 heavy (non-hydrogen) atoms. The average Bonchev–Trinajstić information content (AvgIpc) is 2.51. The van der Waals surface area contributed by atoms with Crippen molar-refractivity contribution >= 4 is 29.1 Å². The molecule has 0 aliphatic heterocycles. The Bertz CT molecular complexity index is 276. The second kappa shape index (κ2) is 5.48. The first-order valence-electron chi connectivity index (χ1n) is 4.53. The Balaban J connectivity index is 2.25. The molecule has 0 amide bonds. The lowest BCUT2D eigenvalue weighted by Gasteiger charge is -2.20.